The molecule has 2 fully saturated rings. The van der Waals surface area contributed by atoms with Gasteiger partial charge in [-0.3, -0.25) is 0 Å². The van der Waals surface area contributed by atoms with Gasteiger partial charge in [-0.25, -0.2) is 15.0 Å². The van der Waals surface area contributed by atoms with E-state index in [1.54, 1.807) is 0 Å². The molecular formula is C50H42BN3O. The van der Waals surface area contributed by atoms with Crippen molar-refractivity contribution in [1.82, 2.24) is 15.0 Å². The Balaban J connectivity index is 1.11. The quantitative estimate of drug-likeness (QED) is 0.161. The molecule has 0 aliphatic heterocycles. The first-order valence-electron chi connectivity index (χ1n) is 19.7. The van der Waals surface area contributed by atoms with Crippen LogP contribution >= 0.6 is 0 Å². The maximum absolute atomic E-state index is 6.65. The number of fused-ring (bicyclic) bond motifs is 5. The zero-order valence-corrected chi connectivity index (χ0v) is 31.4. The standard InChI is InChI=1S/C50H42BN3O/c1-31-24-33-25-32(2)29-50(28-31,30-33)40-20-16-36(17-21-40)43-26-39(27-44-42-10-6-7-11-45(42)55-46(43)44)49-53-47(37-8-4-3-5-9-37)52-48(54-49)38-14-12-34(13-15-38)35-18-22-41(51)23-19-35/h3-23,26-27,31-33H,24-25,28-30H2,1-2H3. The van der Waals surface area contributed by atoms with Crippen LogP contribution in [0.4, 0.5) is 0 Å². The van der Waals surface area contributed by atoms with Crippen LogP contribution in [0.5, 0.6) is 0 Å². The number of rotatable bonds is 6. The van der Waals surface area contributed by atoms with Crippen LogP contribution in [0, 0.1) is 17.8 Å². The summed E-state index contributed by atoms with van der Waals surface area (Å²) in [5.41, 5.74) is 11.4. The molecule has 2 heterocycles. The predicted octanol–water partition coefficient (Wildman–Crippen LogP) is 12.0. The van der Waals surface area contributed by atoms with Gasteiger partial charge in [0.2, 0.25) is 0 Å². The maximum Gasteiger partial charge on any atom is 0.164 e. The summed E-state index contributed by atoms with van der Waals surface area (Å²) in [4.78, 5) is 15.3. The second-order valence-corrected chi connectivity index (χ2v) is 16.4. The van der Waals surface area contributed by atoms with E-state index in [4.69, 9.17) is 27.2 Å². The predicted molar refractivity (Wildman–Crippen MR) is 226 cm³/mol. The molecule has 2 aliphatic rings. The van der Waals surface area contributed by atoms with Crippen LogP contribution in [-0.4, -0.2) is 22.8 Å². The SMILES string of the molecule is [B]c1ccc(-c2ccc(-c3nc(-c4ccccc4)nc(-c4cc(-c5ccc(C67CC(C)CC(CC(C)C6)C7)cc5)c5oc6ccccc6c5c4)n3)cc2)cc1. The fourth-order valence-electron chi connectivity index (χ4n) is 10.1. The van der Waals surface area contributed by atoms with Crippen molar-refractivity contribution >= 4 is 35.2 Å². The maximum atomic E-state index is 6.65. The second kappa shape index (κ2) is 13.5. The molecule has 0 N–H and O–H groups in total. The number of nitrogens with zero attached hydrogens (tertiary/aromatic N) is 3. The van der Waals surface area contributed by atoms with Gasteiger partial charge in [-0.05, 0) is 95.7 Å². The number of para-hydroxylation sites is 1. The minimum absolute atomic E-state index is 0.275. The molecule has 55 heavy (non-hydrogen) atoms. The first-order chi connectivity index (χ1) is 26.9. The summed E-state index contributed by atoms with van der Waals surface area (Å²) in [7, 11) is 5.95. The fraction of sp³-hybridized carbons (Fsp3) is 0.220. The summed E-state index contributed by atoms with van der Waals surface area (Å²) in [5.74, 6) is 4.25. The lowest BCUT2D eigenvalue weighted by molar-refractivity contribution is 0.0780. The highest BCUT2D eigenvalue weighted by Crippen LogP contribution is 2.54. The summed E-state index contributed by atoms with van der Waals surface area (Å²) in [6.07, 6.45) is 6.64. The molecule has 2 atom stereocenters. The van der Waals surface area contributed by atoms with Crippen LogP contribution in [0.1, 0.15) is 51.5 Å². The Morgan fingerprint density at radius 3 is 1.75 bits per heavy atom. The first-order valence-corrected chi connectivity index (χ1v) is 19.7. The third-order valence-corrected chi connectivity index (χ3v) is 12.2. The molecule has 5 heteroatoms. The smallest absolute Gasteiger partial charge is 0.164 e. The summed E-state index contributed by atoms with van der Waals surface area (Å²) >= 11 is 0. The molecule has 266 valence electrons. The summed E-state index contributed by atoms with van der Waals surface area (Å²) < 4.78 is 6.65. The highest BCUT2D eigenvalue weighted by molar-refractivity contribution is 6.32. The monoisotopic (exact) mass is 711 g/mol. The van der Waals surface area contributed by atoms with E-state index in [0.29, 0.717) is 17.5 Å². The van der Waals surface area contributed by atoms with Crippen molar-refractivity contribution in [2.75, 3.05) is 0 Å². The molecule has 2 unspecified atom stereocenters. The van der Waals surface area contributed by atoms with Crippen molar-refractivity contribution in [1.29, 1.82) is 0 Å². The van der Waals surface area contributed by atoms with Gasteiger partial charge < -0.3 is 4.42 Å². The van der Waals surface area contributed by atoms with Crippen molar-refractivity contribution in [2.45, 2.75) is 51.4 Å². The Hall–Kier alpha value is -5.81. The normalized spacial score (nSPS) is 20.9. The second-order valence-electron chi connectivity index (χ2n) is 16.4. The van der Waals surface area contributed by atoms with Gasteiger partial charge in [0.25, 0.3) is 0 Å². The fourth-order valence-corrected chi connectivity index (χ4v) is 10.1. The lowest BCUT2D eigenvalue weighted by Gasteiger charge is -2.50. The van der Waals surface area contributed by atoms with Gasteiger partial charge >= 0.3 is 0 Å². The van der Waals surface area contributed by atoms with Crippen LogP contribution in [-0.2, 0) is 5.41 Å². The van der Waals surface area contributed by atoms with Gasteiger partial charge in [-0.2, -0.15) is 0 Å². The van der Waals surface area contributed by atoms with Crippen LogP contribution in [0.15, 0.2) is 144 Å². The van der Waals surface area contributed by atoms with Gasteiger partial charge in [-0.1, -0.05) is 141 Å². The van der Waals surface area contributed by atoms with Crippen LogP contribution in [0.3, 0.4) is 0 Å². The van der Waals surface area contributed by atoms with E-state index in [-0.39, 0.29) is 5.41 Å². The topological polar surface area (TPSA) is 51.8 Å². The van der Waals surface area contributed by atoms with Crippen molar-refractivity contribution in [3.63, 3.8) is 0 Å². The van der Waals surface area contributed by atoms with Crippen molar-refractivity contribution in [2.24, 2.45) is 17.8 Å². The molecule has 6 aromatic carbocycles. The Kier molecular flexibility index (Phi) is 8.28. The van der Waals surface area contributed by atoms with Crippen LogP contribution in [0.25, 0.3) is 78.4 Å². The van der Waals surface area contributed by atoms with Crippen LogP contribution in [0.2, 0.25) is 0 Å². The zero-order chi connectivity index (χ0) is 37.1. The third-order valence-electron chi connectivity index (χ3n) is 12.2. The molecule has 2 aromatic heterocycles. The molecule has 2 aliphatic carbocycles. The van der Waals surface area contributed by atoms with Crippen LogP contribution < -0.4 is 5.46 Å². The molecule has 2 saturated carbocycles. The molecule has 0 saturated heterocycles. The van der Waals surface area contributed by atoms with Crippen molar-refractivity contribution in [3.05, 3.63) is 145 Å². The lowest BCUT2D eigenvalue weighted by Crippen LogP contribution is -2.42. The Morgan fingerprint density at radius 2 is 1.07 bits per heavy atom. The average Bonchev–Trinajstić information content (AvgIpc) is 3.59. The minimum atomic E-state index is 0.275. The number of benzene rings is 6. The van der Waals surface area contributed by atoms with E-state index in [1.807, 2.05) is 48.5 Å². The minimum Gasteiger partial charge on any atom is -0.455 e. The summed E-state index contributed by atoms with van der Waals surface area (Å²) in [6, 6.07) is 48.6. The van der Waals surface area contributed by atoms with Gasteiger partial charge in [0.15, 0.2) is 17.5 Å². The summed E-state index contributed by atoms with van der Waals surface area (Å²) in [6.45, 7) is 4.92. The molecule has 10 rings (SSSR count). The number of hydrogen-bond donors (Lipinski definition) is 0. The molecule has 2 bridgehead atoms. The zero-order valence-electron chi connectivity index (χ0n) is 31.4. The van der Waals surface area contributed by atoms with Gasteiger partial charge in [0.05, 0.1) is 0 Å². The van der Waals surface area contributed by atoms with Gasteiger partial charge in [0.1, 0.15) is 19.0 Å². The van der Waals surface area contributed by atoms with E-state index in [2.05, 4.69) is 105 Å². The van der Waals surface area contributed by atoms with Crippen molar-refractivity contribution < 1.29 is 4.42 Å². The molecule has 2 radical (unpaired) electrons. The molecule has 8 aromatic rings. The van der Waals surface area contributed by atoms with Crippen molar-refractivity contribution in [3.8, 4) is 56.4 Å². The molecule has 0 spiro atoms. The first kappa shape index (κ1) is 33.7. The number of hydrogen-bond acceptors (Lipinski definition) is 4. The van der Waals surface area contributed by atoms with E-state index >= 15 is 0 Å². The third kappa shape index (κ3) is 6.26. The molecule has 4 nitrogen and oxygen atoms in total. The molecular weight excluding hydrogens is 669 g/mol. The Bertz CT molecular complexity index is 2650. The highest BCUT2D eigenvalue weighted by atomic mass is 16.3. The van der Waals surface area contributed by atoms with Gasteiger partial charge in [0, 0.05) is 33.0 Å². The van der Waals surface area contributed by atoms with E-state index in [9.17, 15) is 0 Å². The van der Waals surface area contributed by atoms with Gasteiger partial charge in [-0.15, -0.1) is 0 Å². The highest BCUT2D eigenvalue weighted by Gasteiger charge is 2.45. The largest absolute Gasteiger partial charge is 0.455 e. The number of aromatic nitrogens is 3. The average molecular weight is 712 g/mol. The van der Waals surface area contributed by atoms with E-state index in [0.717, 1.165) is 84.1 Å². The van der Waals surface area contributed by atoms with E-state index < -0.39 is 0 Å². The number of furan rings is 1. The Morgan fingerprint density at radius 1 is 0.527 bits per heavy atom. The Labute approximate surface area is 324 Å². The summed E-state index contributed by atoms with van der Waals surface area (Å²) in [5, 5.41) is 2.12. The van der Waals surface area contributed by atoms with E-state index in [1.165, 1.54) is 37.7 Å². The molecule has 0 amide bonds. The lowest BCUT2D eigenvalue weighted by atomic mass is 9.54.